The smallest absolute Gasteiger partial charge is 0.0621 e. The Bertz CT molecular complexity index is 333. The molecule has 1 rings (SSSR count). The van der Waals surface area contributed by atoms with Gasteiger partial charge in [-0.15, -0.1) is 0 Å². The van der Waals surface area contributed by atoms with Crippen LogP contribution in [-0.4, -0.2) is 9.81 Å². The van der Waals surface area contributed by atoms with Crippen LogP contribution < -0.4 is 0 Å². The SMILES string of the molecule is CC(C)(C)C(Br)CCCc1ccncc1Cl. The second kappa shape index (κ2) is 6.02. The lowest BCUT2D eigenvalue weighted by molar-refractivity contribution is 0.380. The number of aryl methyl sites for hydroxylation is 1. The van der Waals surface area contributed by atoms with Crippen LogP contribution >= 0.6 is 27.5 Å². The van der Waals surface area contributed by atoms with Gasteiger partial charge in [0.1, 0.15) is 0 Å². The first-order valence-corrected chi connectivity index (χ1v) is 6.93. The van der Waals surface area contributed by atoms with Gasteiger partial charge in [-0.2, -0.15) is 0 Å². The molecule has 0 spiro atoms. The Morgan fingerprint density at radius 1 is 1.44 bits per heavy atom. The highest BCUT2D eigenvalue weighted by Gasteiger charge is 2.20. The van der Waals surface area contributed by atoms with Gasteiger partial charge in [-0.05, 0) is 36.3 Å². The maximum Gasteiger partial charge on any atom is 0.0621 e. The molecule has 0 fully saturated rings. The summed E-state index contributed by atoms with van der Waals surface area (Å²) >= 11 is 9.80. The molecule has 1 aromatic heterocycles. The van der Waals surface area contributed by atoms with E-state index in [0.29, 0.717) is 10.2 Å². The summed E-state index contributed by atoms with van der Waals surface area (Å²) < 4.78 is 0. The lowest BCUT2D eigenvalue weighted by atomic mass is 9.89. The van der Waals surface area contributed by atoms with Crippen LogP contribution in [0.2, 0.25) is 5.02 Å². The van der Waals surface area contributed by atoms with Crippen molar-refractivity contribution in [1.29, 1.82) is 0 Å². The molecule has 16 heavy (non-hydrogen) atoms. The average molecular weight is 305 g/mol. The zero-order chi connectivity index (χ0) is 12.2. The van der Waals surface area contributed by atoms with E-state index in [2.05, 4.69) is 41.7 Å². The molecule has 1 aromatic rings. The predicted molar refractivity (Wildman–Crippen MR) is 74.4 cm³/mol. The van der Waals surface area contributed by atoms with Crippen molar-refractivity contribution in [2.45, 2.75) is 44.9 Å². The maximum atomic E-state index is 6.06. The molecule has 1 nitrogen and oxygen atoms in total. The van der Waals surface area contributed by atoms with E-state index in [1.165, 1.54) is 12.0 Å². The molecule has 0 saturated carbocycles. The quantitative estimate of drug-likeness (QED) is 0.723. The number of pyridine rings is 1. The number of hydrogen-bond acceptors (Lipinski definition) is 1. The van der Waals surface area contributed by atoms with Crippen molar-refractivity contribution < 1.29 is 0 Å². The van der Waals surface area contributed by atoms with E-state index < -0.39 is 0 Å². The normalized spacial score (nSPS) is 13.8. The van der Waals surface area contributed by atoms with Gasteiger partial charge < -0.3 is 0 Å². The molecule has 1 unspecified atom stereocenters. The van der Waals surface area contributed by atoms with Crippen molar-refractivity contribution in [2.75, 3.05) is 0 Å². The van der Waals surface area contributed by atoms with Gasteiger partial charge in [0.2, 0.25) is 0 Å². The van der Waals surface area contributed by atoms with Crippen LogP contribution in [0.5, 0.6) is 0 Å². The van der Waals surface area contributed by atoms with E-state index in [0.717, 1.165) is 17.9 Å². The lowest BCUT2D eigenvalue weighted by Gasteiger charge is -2.25. The first-order chi connectivity index (χ1) is 7.41. The summed E-state index contributed by atoms with van der Waals surface area (Å²) in [5, 5.41) is 0.782. The van der Waals surface area contributed by atoms with Crippen LogP contribution in [0.1, 0.15) is 39.2 Å². The van der Waals surface area contributed by atoms with Crippen LogP contribution in [0.3, 0.4) is 0 Å². The number of alkyl halides is 1. The van der Waals surface area contributed by atoms with Crippen molar-refractivity contribution in [3.63, 3.8) is 0 Å². The molecule has 0 saturated heterocycles. The fourth-order valence-electron chi connectivity index (χ4n) is 1.51. The topological polar surface area (TPSA) is 12.9 Å². The number of aromatic nitrogens is 1. The summed E-state index contributed by atoms with van der Waals surface area (Å²) in [7, 11) is 0. The third-order valence-corrected chi connectivity index (χ3v) is 4.87. The molecule has 0 bridgehead atoms. The summed E-state index contributed by atoms with van der Waals surface area (Å²) in [6.07, 6.45) is 6.86. The first-order valence-electron chi connectivity index (χ1n) is 5.63. The Balaban J connectivity index is 2.40. The van der Waals surface area contributed by atoms with E-state index in [1.54, 1.807) is 12.4 Å². The van der Waals surface area contributed by atoms with Gasteiger partial charge in [0.25, 0.3) is 0 Å². The molecule has 90 valence electrons. The number of nitrogens with zero attached hydrogens (tertiary/aromatic N) is 1. The minimum absolute atomic E-state index is 0.321. The van der Waals surface area contributed by atoms with Crippen molar-refractivity contribution in [3.8, 4) is 0 Å². The number of halogens is 2. The summed E-state index contributed by atoms with van der Waals surface area (Å²) in [6, 6.07) is 2.00. The van der Waals surface area contributed by atoms with Crippen molar-refractivity contribution in [2.24, 2.45) is 5.41 Å². The first kappa shape index (κ1) is 14.0. The number of rotatable bonds is 4. The zero-order valence-electron chi connectivity index (χ0n) is 10.1. The van der Waals surface area contributed by atoms with Gasteiger partial charge in [0.05, 0.1) is 5.02 Å². The Labute approximate surface area is 112 Å². The van der Waals surface area contributed by atoms with Crippen molar-refractivity contribution >= 4 is 27.5 Å². The third kappa shape index (κ3) is 4.42. The molecular weight excluding hydrogens is 286 g/mol. The van der Waals surface area contributed by atoms with E-state index in [9.17, 15) is 0 Å². The maximum absolute atomic E-state index is 6.06. The molecule has 0 aliphatic carbocycles. The molecule has 1 atom stereocenters. The van der Waals surface area contributed by atoms with Gasteiger partial charge in [0.15, 0.2) is 0 Å². The molecule has 1 heterocycles. The Hall–Kier alpha value is -0.0800. The van der Waals surface area contributed by atoms with Crippen LogP contribution in [0, 0.1) is 5.41 Å². The van der Waals surface area contributed by atoms with E-state index in [1.807, 2.05) is 6.07 Å². The van der Waals surface area contributed by atoms with Gasteiger partial charge in [-0.3, -0.25) is 4.98 Å². The summed E-state index contributed by atoms with van der Waals surface area (Å²) in [4.78, 5) is 4.54. The van der Waals surface area contributed by atoms with E-state index in [4.69, 9.17) is 11.6 Å². The lowest BCUT2D eigenvalue weighted by Crippen LogP contribution is -2.20. The summed E-state index contributed by atoms with van der Waals surface area (Å²) in [6.45, 7) is 6.77. The Kier molecular flexibility index (Phi) is 5.26. The highest BCUT2D eigenvalue weighted by molar-refractivity contribution is 9.09. The van der Waals surface area contributed by atoms with Gasteiger partial charge in [-0.1, -0.05) is 48.3 Å². The molecule has 0 aromatic carbocycles. The fraction of sp³-hybridized carbons (Fsp3) is 0.615. The van der Waals surface area contributed by atoms with Gasteiger partial charge >= 0.3 is 0 Å². The Morgan fingerprint density at radius 3 is 2.69 bits per heavy atom. The minimum Gasteiger partial charge on any atom is -0.263 e. The highest BCUT2D eigenvalue weighted by Crippen LogP contribution is 2.30. The second-order valence-corrected chi connectivity index (χ2v) is 6.71. The average Bonchev–Trinajstić information content (AvgIpc) is 2.19. The monoisotopic (exact) mass is 303 g/mol. The second-order valence-electron chi connectivity index (χ2n) is 5.19. The molecular formula is C13H19BrClN. The number of hydrogen-bond donors (Lipinski definition) is 0. The summed E-state index contributed by atoms with van der Waals surface area (Å²) in [5.74, 6) is 0. The zero-order valence-corrected chi connectivity index (χ0v) is 12.5. The molecule has 0 radical (unpaired) electrons. The van der Waals surface area contributed by atoms with Crippen LogP contribution in [-0.2, 0) is 6.42 Å². The van der Waals surface area contributed by atoms with Crippen molar-refractivity contribution in [3.05, 3.63) is 29.0 Å². The fourth-order valence-corrected chi connectivity index (χ4v) is 2.05. The van der Waals surface area contributed by atoms with Crippen molar-refractivity contribution in [1.82, 2.24) is 4.98 Å². The third-order valence-electron chi connectivity index (χ3n) is 2.70. The summed E-state index contributed by atoms with van der Waals surface area (Å²) in [5.41, 5.74) is 1.52. The van der Waals surface area contributed by atoms with Crippen LogP contribution in [0.15, 0.2) is 18.5 Å². The largest absolute Gasteiger partial charge is 0.263 e. The molecule has 0 amide bonds. The predicted octanol–water partition coefficient (Wildman–Crippen LogP) is 4.87. The Morgan fingerprint density at radius 2 is 2.12 bits per heavy atom. The molecule has 0 N–H and O–H groups in total. The highest BCUT2D eigenvalue weighted by atomic mass is 79.9. The van der Waals surface area contributed by atoms with Gasteiger partial charge in [0, 0.05) is 17.2 Å². The minimum atomic E-state index is 0.321. The molecule has 3 heteroatoms. The van der Waals surface area contributed by atoms with Gasteiger partial charge in [-0.25, -0.2) is 0 Å². The molecule has 0 aliphatic rings. The van der Waals surface area contributed by atoms with E-state index >= 15 is 0 Å². The van der Waals surface area contributed by atoms with Crippen LogP contribution in [0.25, 0.3) is 0 Å². The van der Waals surface area contributed by atoms with E-state index in [-0.39, 0.29) is 0 Å². The molecule has 0 aliphatic heterocycles. The standard InChI is InChI=1S/C13H19BrClN/c1-13(2,3)12(14)6-4-5-10-7-8-16-9-11(10)15/h7-9,12H,4-6H2,1-3H3. The van der Waals surface area contributed by atoms with Crippen LogP contribution in [0.4, 0.5) is 0 Å².